The first-order valence-corrected chi connectivity index (χ1v) is 7.20. The van der Waals surface area contributed by atoms with E-state index in [1.165, 1.54) is 29.3 Å². The Kier molecular flexibility index (Phi) is 4.33. The van der Waals surface area contributed by atoms with Crippen molar-refractivity contribution in [3.05, 3.63) is 65.9 Å². The summed E-state index contributed by atoms with van der Waals surface area (Å²) in [6, 6.07) is 13.5. The second-order valence-electron chi connectivity index (χ2n) is 5.09. The summed E-state index contributed by atoms with van der Waals surface area (Å²) in [6.45, 7) is -0.00529. The van der Waals surface area contributed by atoms with Crippen LogP contribution in [0, 0.1) is 0 Å². The van der Waals surface area contributed by atoms with Crippen molar-refractivity contribution in [2.75, 3.05) is 11.9 Å². The molecule has 1 amide bonds. The van der Waals surface area contributed by atoms with Gasteiger partial charge in [0, 0.05) is 17.5 Å². The zero-order chi connectivity index (χ0) is 16.9. The average molecular weight is 322 g/mol. The van der Waals surface area contributed by atoms with Gasteiger partial charge in [0.15, 0.2) is 0 Å². The zero-order valence-corrected chi connectivity index (χ0v) is 12.6. The number of benzene rings is 2. The Hall–Kier alpha value is -3.48. The molecule has 2 aromatic rings. The minimum Gasteiger partial charge on any atom is -0.478 e. The number of carbonyl (C=O) groups excluding carboxylic acids is 1. The van der Waals surface area contributed by atoms with Gasteiger partial charge in [-0.15, -0.1) is 5.11 Å². The lowest BCUT2D eigenvalue weighted by molar-refractivity contribution is -0.116. The van der Waals surface area contributed by atoms with Crippen molar-refractivity contribution in [3.63, 3.8) is 0 Å². The minimum absolute atomic E-state index is 0.00529. The molecule has 2 aromatic carbocycles. The molecular formula is C17H14N4O3. The summed E-state index contributed by atoms with van der Waals surface area (Å²) >= 11 is 0. The quantitative estimate of drug-likeness (QED) is 0.903. The molecule has 1 heterocycles. The van der Waals surface area contributed by atoms with Gasteiger partial charge < -0.3 is 10.4 Å². The third kappa shape index (κ3) is 3.64. The number of nitrogens with zero attached hydrogens (tertiary/aromatic N) is 3. The molecular weight excluding hydrogens is 308 g/mol. The van der Waals surface area contributed by atoms with Gasteiger partial charge in [-0.05, 0) is 36.4 Å². The molecule has 0 atom stereocenters. The maximum Gasteiger partial charge on any atom is 0.335 e. The molecule has 0 aliphatic carbocycles. The molecule has 7 heteroatoms. The summed E-state index contributed by atoms with van der Waals surface area (Å²) in [5, 5.41) is 21.1. The number of carbonyl (C=O) groups is 2. The monoisotopic (exact) mass is 322 g/mol. The van der Waals surface area contributed by atoms with Crippen molar-refractivity contribution in [1.82, 2.24) is 5.01 Å². The van der Waals surface area contributed by atoms with Crippen LogP contribution in [-0.2, 0) is 4.79 Å². The Morgan fingerprint density at radius 2 is 1.83 bits per heavy atom. The second kappa shape index (κ2) is 6.74. The summed E-state index contributed by atoms with van der Waals surface area (Å²) in [4.78, 5) is 22.9. The number of anilines is 1. The maximum absolute atomic E-state index is 12.1. The Balaban J connectivity index is 1.62. The maximum atomic E-state index is 12.1. The predicted octanol–water partition coefficient (Wildman–Crippen LogP) is 3.31. The highest BCUT2D eigenvalue weighted by atomic mass is 16.4. The second-order valence-corrected chi connectivity index (χ2v) is 5.09. The smallest absolute Gasteiger partial charge is 0.335 e. The van der Waals surface area contributed by atoms with Crippen LogP contribution in [0.25, 0.3) is 6.08 Å². The standard InChI is InChI=1S/C17H14N4O3/c22-16(18-14-7-5-13(6-8-14)17(23)24)11-21-10-9-12-3-1-2-4-15(12)19-20-21/h1-10H,11H2,(H,18,22)(H,23,24). The van der Waals surface area contributed by atoms with Crippen molar-refractivity contribution < 1.29 is 14.7 Å². The molecule has 0 radical (unpaired) electrons. The number of carboxylic acids is 1. The van der Waals surface area contributed by atoms with Crippen molar-refractivity contribution in [2.24, 2.45) is 10.3 Å². The summed E-state index contributed by atoms with van der Waals surface area (Å²) in [6.07, 6.45) is 3.52. The van der Waals surface area contributed by atoms with Gasteiger partial charge in [-0.2, -0.15) is 0 Å². The van der Waals surface area contributed by atoms with Gasteiger partial charge in [-0.25, -0.2) is 9.80 Å². The summed E-state index contributed by atoms with van der Waals surface area (Å²) in [7, 11) is 0. The van der Waals surface area contributed by atoms with Crippen LogP contribution < -0.4 is 5.32 Å². The highest BCUT2D eigenvalue weighted by Crippen LogP contribution is 2.23. The molecule has 120 valence electrons. The number of nitrogens with one attached hydrogen (secondary N) is 1. The van der Waals surface area contributed by atoms with Gasteiger partial charge in [0.05, 0.1) is 11.3 Å². The first kappa shape index (κ1) is 15.4. The van der Waals surface area contributed by atoms with Crippen LogP contribution in [0.4, 0.5) is 11.4 Å². The Labute approximate surface area is 137 Å². The number of aromatic carboxylic acids is 1. The zero-order valence-electron chi connectivity index (χ0n) is 12.6. The molecule has 0 saturated heterocycles. The first-order valence-electron chi connectivity index (χ1n) is 7.20. The normalized spacial score (nSPS) is 12.4. The van der Waals surface area contributed by atoms with Gasteiger partial charge >= 0.3 is 5.97 Å². The average Bonchev–Trinajstić information content (AvgIpc) is 2.78. The largest absolute Gasteiger partial charge is 0.478 e. The van der Waals surface area contributed by atoms with Crippen LogP contribution in [0.2, 0.25) is 0 Å². The van der Waals surface area contributed by atoms with Crippen molar-refractivity contribution in [3.8, 4) is 0 Å². The number of fused-ring (bicyclic) bond motifs is 1. The van der Waals surface area contributed by atoms with Gasteiger partial charge in [0.1, 0.15) is 6.54 Å². The first-order chi connectivity index (χ1) is 11.6. The molecule has 0 fully saturated rings. The number of carboxylic acid groups (broad SMARTS) is 1. The highest BCUT2D eigenvalue weighted by molar-refractivity contribution is 5.93. The van der Waals surface area contributed by atoms with Gasteiger partial charge in [0.25, 0.3) is 0 Å². The Morgan fingerprint density at radius 1 is 1.08 bits per heavy atom. The summed E-state index contributed by atoms with van der Waals surface area (Å²) < 4.78 is 0. The van der Waals surface area contributed by atoms with E-state index in [0.29, 0.717) is 5.69 Å². The van der Waals surface area contributed by atoms with Crippen molar-refractivity contribution >= 4 is 29.3 Å². The fourth-order valence-corrected chi connectivity index (χ4v) is 2.15. The Bertz CT molecular complexity index is 795. The number of hydrogen-bond donors (Lipinski definition) is 2. The topological polar surface area (TPSA) is 94.4 Å². The van der Waals surface area contributed by atoms with E-state index >= 15 is 0 Å². The lowest BCUT2D eigenvalue weighted by Crippen LogP contribution is -2.25. The molecule has 0 bridgehead atoms. The molecule has 0 saturated carbocycles. The molecule has 7 nitrogen and oxygen atoms in total. The van der Waals surface area contributed by atoms with Crippen LogP contribution in [0.3, 0.4) is 0 Å². The Morgan fingerprint density at radius 3 is 2.58 bits per heavy atom. The van der Waals surface area contributed by atoms with Crippen molar-refractivity contribution in [2.45, 2.75) is 0 Å². The lowest BCUT2D eigenvalue weighted by atomic mass is 10.2. The van der Waals surface area contributed by atoms with E-state index in [1.54, 1.807) is 6.20 Å². The van der Waals surface area contributed by atoms with Crippen LogP contribution in [0.1, 0.15) is 15.9 Å². The minimum atomic E-state index is -1.01. The third-order valence-electron chi connectivity index (χ3n) is 3.35. The highest BCUT2D eigenvalue weighted by Gasteiger charge is 2.10. The lowest BCUT2D eigenvalue weighted by Gasteiger charge is -2.11. The fourth-order valence-electron chi connectivity index (χ4n) is 2.15. The van der Waals surface area contributed by atoms with E-state index in [9.17, 15) is 9.59 Å². The predicted molar refractivity (Wildman–Crippen MR) is 88.7 cm³/mol. The van der Waals surface area contributed by atoms with E-state index in [4.69, 9.17) is 5.11 Å². The molecule has 0 aromatic heterocycles. The van der Waals surface area contributed by atoms with Crippen LogP contribution in [0.5, 0.6) is 0 Å². The van der Waals surface area contributed by atoms with E-state index in [-0.39, 0.29) is 18.0 Å². The van der Waals surface area contributed by atoms with Crippen molar-refractivity contribution in [1.29, 1.82) is 0 Å². The molecule has 0 spiro atoms. The van der Waals surface area contributed by atoms with E-state index in [2.05, 4.69) is 15.7 Å². The molecule has 24 heavy (non-hydrogen) atoms. The van der Waals surface area contributed by atoms with E-state index in [1.807, 2.05) is 30.3 Å². The van der Waals surface area contributed by atoms with E-state index in [0.717, 1.165) is 11.3 Å². The summed E-state index contributed by atoms with van der Waals surface area (Å²) in [5.41, 5.74) is 2.34. The van der Waals surface area contributed by atoms with Crippen LogP contribution in [0.15, 0.2) is 65.1 Å². The number of rotatable bonds is 4. The molecule has 0 unspecified atom stereocenters. The van der Waals surface area contributed by atoms with Gasteiger partial charge in [0.2, 0.25) is 5.91 Å². The number of hydrogen-bond acceptors (Lipinski definition) is 5. The summed E-state index contributed by atoms with van der Waals surface area (Å²) in [5.74, 6) is -1.30. The van der Waals surface area contributed by atoms with Crippen LogP contribution >= 0.6 is 0 Å². The SMILES string of the molecule is O=C(CN1C=Cc2ccccc2N=N1)Nc1ccc(C(=O)O)cc1. The van der Waals surface area contributed by atoms with Gasteiger partial charge in [-0.3, -0.25) is 4.79 Å². The third-order valence-corrected chi connectivity index (χ3v) is 3.35. The molecule has 2 N–H and O–H groups in total. The molecule has 1 aliphatic rings. The molecule has 3 rings (SSSR count). The molecule has 1 aliphatic heterocycles. The van der Waals surface area contributed by atoms with E-state index < -0.39 is 5.97 Å². The van der Waals surface area contributed by atoms with Gasteiger partial charge in [-0.1, -0.05) is 23.4 Å². The number of amides is 1. The fraction of sp³-hybridized carbons (Fsp3) is 0.0588. The van der Waals surface area contributed by atoms with Crippen LogP contribution in [-0.4, -0.2) is 28.5 Å².